The van der Waals surface area contributed by atoms with Gasteiger partial charge in [0.1, 0.15) is 12.2 Å². The van der Waals surface area contributed by atoms with Gasteiger partial charge in [0.2, 0.25) is 0 Å². The van der Waals surface area contributed by atoms with E-state index in [0.29, 0.717) is 37.4 Å². The second kappa shape index (κ2) is 19.3. The second-order valence-corrected chi connectivity index (χ2v) is 19.1. The molecule has 0 amide bonds. The lowest BCUT2D eigenvalue weighted by molar-refractivity contribution is -0.140. The van der Waals surface area contributed by atoms with Crippen molar-refractivity contribution in [3.05, 3.63) is 132 Å². The number of benzene rings is 4. The van der Waals surface area contributed by atoms with Gasteiger partial charge in [0.25, 0.3) is 8.32 Å². The lowest BCUT2D eigenvalue weighted by Gasteiger charge is -2.44. The summed E-state index contributed by atoms with van der Waals surface area (Å²) in [5, 5.41) is 2.11. The molecule has 1 saturated carbocycles. The van der Waals surface area contributed by atoms with E-state index in [0.717, 1.165) is 25.7 Å². The van der Waals surface area contributed by atoms with Crippen molar-refractivity contribution in [3.8, 4) is 0 Å². The van der Waals surface area contributed by atoms with Gasteiger partial charge in [0.15, 0.2) is 6.29 Å². The molecule has 53 heavy (non-hydrogen) atoms. The smallest absolute Gasteiger partial charge is 0.338 e. The van der Waals surface area contributed by atoms with Gasteiger partial charge >= 0.3 is 11.9 Å². The minimum Gasteiger partial charge on any atom is -0.458 e. The van der Waals surface area contributed by atoms with Crippen molar-refractivity contribution in [1.29, 1.82) is 0 Å². The normalized spacial score (nSPS) is 18.9. The molecule has 0 aromatic heterocycles. The van der Waals surface area contributed by atoms with E-state index in [4.69, 9.17) is 23.4 Å². The van der Waals surface area contributed by atoms with Crippen molar-refractivity contribution in [2.75, 3.05) is 19.8 Å². The van der Waals surface area contributed by atoms with E-state index < -0.39 is 26.5 Å². The molecule has 4 aromatic rings. The number of rotatable bonds is 18. The molecule has 0 unspecified atom stereocenters. The van der Waals surface area contributed by atoms with Crippen LogP contribution in [-0.2, 0) is 23.4 Å². The van der Waals surface area contributed by atoms with Crippen molar-refractivity contribution in [2.45, 2.75) is 90.3 Å². The Hall–Kier alpha value is -4.08. The maximum atomic E-state index is 13.7. The molecule has 0 radical (unpaired) electrons. The quantitative estimate of drug-likeness (QED) is 0.0438. The molecular formula is C45H56O7Si. The van der Waals surface area contributed by atoms with Gasteiger partial charge in [-0.05, 0) is 72.8 Å². The minimum atomic E-state index is -2.94. The van der Waals surface area contributed by atoms with Gasteiger partial charge in [-0.3, -0.25) is 0 Å². The molecule has 4 aromatic carbocycles. The maximum Gasteiger partial charge on any atom is 0.338 e. The molecular weight excluding hydrogens is 681 g/mol. The van der Waals surface area contributed by atoms with Crippen LogP contribution in [0.2, 0.25) is 5.04 Å². The van der Waals surface area contributed by atoms with Crippen molar-refractivity contribution in [3.63, 3.8) is 0 Å². The zero-order chi connectivity index (χ0) is 37.7. The molecule has 1 aliphatic rings. The molecule has 4 atom stereocenters. The van der Waals surface area contributed by atoms with Crippen molar-refractivity contribution < 1.29 is 33.0 Å². The third-order valence-corrected chi connectivity index (χ3v) is 15.4. The SMILES string of the molecule is CCOC(CCCC[C@@H]1[C@H](CO[Si](c2ccccc2)(c2ccccc2)C(C)(C)C)[C@@H](OC(=O)c2ccccc2)C[C@H]1OC(=O)c1ccccc1)OCC. The maximum absolute atomic E-state index is 13.7. The fourth-order valence-corrected chi connectivity index (χ4v) is 12.4. The van der Waals surface area contributed by atoms with Crippen LogP contribution in [-0.4, -0.2) is 58.6 Å². The minimum absolute atomic E-state index is 0.118. The summed E-state index contributed by atoms with van der Waals surface area (Å²) in [6, 6.07) is 39.3. The van der Waals surface area contributed by atoms with Crippen LogP contribution in [0.25, 0.3) is 0 Å². The largest absolute Gasteiger partial charge is 0.458 e. The summed E-state index contributed by atoms with van der Waals surface area (Å²) in [6.45, 7) is 12.2. The first-order chi connectivity index (χ1) is 25.7. The Morgan fingerprint density at radius 2 is 1.08 bits per heavy atom. The van der Waals surface area contributed by atoms with Gasteiger partial charge in [0.05, 0.1) is 11.1 Å². The Labute approximate surface area is 317 Å². The number of carbonyl (C=O) groups is 2. The van der Waals surface area contributed by atoms with Crippen LogP contribution in [0.3, 0.4) is 0 Å². The zero-order valence-corrected chi connectivity index (χ0v) is 32.9. The van der Waals surface area contributed by atoms with Gasteiger partial charge in [-0.15, -0.1) is 0 Å². The van der Waals surface area contributed by atoms with E-state index in [1.54, 1.807) is 24.3 Å². The van der Waals surface area contributed by atoms with Crippen LogP contribution in [0.15, 0.2) is 121 Å². The predicted molar refractivity (Wildman–Crippen MR) is 212 cm³/mol. The molecule has 8 heteroatoms. The summed E-state index contributed by atoms with van der Waals surface area (Å²) in [5.41, 5.74) is 0.977. The number of ether oxygens (including phenoxy) is 4. The van der Waals surface area contributed by atoms with Crippen molar-refractivity contribution in [1.82, 2.24) is 0 Å². The summed E-state index contributed by atoms with van der Waals surface area (Å²) in [5.74, 6) is -1.12. The van der Waals surface area contributed by atoms with E-state index in [1.165, 1.54) is 10.4 Å². The van der Waals surface area contributed by atoms with Crippen LogP contribution in [0.4, 0.5) is 0 Å². The van der Waals surface area contributed by atoms with Gasteiger partial charge in [-0.25, -0.2) is 9.59 Å². The summed E-state index contributed by atoms with van der Waals surface area (Å²) in [6.07, 6.45) is 2.38. The molecule has 0 N–H and O–H groups in total. The number of unbranched alkanes of at least 4 members (excludes halogenated alkanes) is 1. The molecule has 1 aliphatic carbocycles. The molecule has 5 rings (SSSR count). The number of esters is 2. The third kappa shape index (κ3) is 10.1. The average Bonchev–Trinajstić information content (AvgIpc) is 3.49. The molecule has 0 saturated heterocycles. The highest BCUT2D eigenvalue weighted by atomic mass is 28.4. The zero-order valence-electron chi connectivity index (χ0n) is 31.9. The topological polar surface area (TPSA) is 80.3 Å². The Bertz CT molecular complexity index is 1630. The Balaban J connectivity index is 1.51. The summed E-state index contributed by atoms with van der Waals surface area (Å²) < 4.78 is 31.9. The van der Waals surface area contributed by atoms with Gasteiger partial charge in [0, 0.05) is 38.1 Å². The lowest BCUT2D eigenvalue weighted by Crippen LogP contribution is -2.67. The molecule has 7 nitrogen and oxygen atoms in total. The molecule has 0 spiro atoms. The Kier molecular flexibility index (Phi) is 14.6. The van der Waals surface area contributed by atoms with E-state index in [2.05, 4.69) is 69.3 Å². The average molecular weight is 737 g/mol. The molecule has 0 heterocycles. The Morgan fingerprint density at radius 1 is 0.642 bits per heavy atom. The number of hydrogen-bond donors (Lipinski definition) is 0. The highest BCUT2D eigenvalue weighted by Gasteiger charge is 2.53. The number of carbonyl (C=O) groups excluding carboxylic acids is 2. The van der Waals surface area contributed by atoms with Gasteiger partial charge in [-0.1, -0.05) is 124 Å². The Morgan fingerprint density at radius 3 is 1.51 bits per heavy atom. The fourth-order valence-electron chi connectivity index (χ4n) is 7.85. The van der Waals surface area contributed by atoms with Crippen LogP contribution in [0.5, 0.6) is 0 Å². The van der Waals surface area contributed by atoms with E-state index in [-0.39, 0.29) is 29.1 Å². The van der Waals surface area contributed by atoms with Crippen LogP contribution in [0.1, 0.15) is 87.4 Å². The molecule has 0 aliphatic heterocycles. The fraction of sp³-hybridized carbons (Fsp3) is 0.422. The summed E-state index contributed by atoms with van der Waals surface area (Å²) in [4.78, 5) is 27.3. The van der Waals surface area contributed by atoms with Gasteiger partial charge in [-0.2, -0.15) is 0 Å². The van der Waals surface area contributed by atoms with E-state index >= 15 is 0 Å². The highest BCUT2D eigenvalue weighted by molar-refractivity contribution is 6.99. The van der Waals surface area contributed by atoms with Crippen LogP contribution >= 0.6 is 0 Å². The van der Waals surface area contributed by atoms with E-state index in [9.17, 15) is 9.59 Å². The first kappa shape index (κ1) is 40.1. The standard InChI is InChI=1S/C45H56O7Si/c1-6-48-42(49-7-2)31-21-20-30-38-39(33-50-53(45(3,4)5,36-26-16-10-17-27-36)37-28-18-11-19-29-37)41(52-44(47)35-24-14-9-15-25-35)32-40(38)51-43(46)34-22-12-8-13-23-34/h8-19,22-29,38-42H,6-7,20-21,30-33H2,1-5H3/t38-,39+,40-,41+/m1/s1. The van der Waals surface area contributed by atoms with Crippen LogP contribution in [0, 0.1) is 11.8 Å². The number of hydrogen-bond acceptors (Lipinski definition) is 7. The first-order valence-corrected chi connectivity index (χ1v) is 21.1. The summed E-state index contributed by atoms with van der Waals surface area (Å²) >= 11 is 0. The predicted octanol–water partition coefficient (Wildman–Crippen LogP) is 8.61. The molecule has 1 fully saturated rings. The second-order valence-electron chi connectivity index (χ2n) is 14.8. The first-order valence-electron chi connectivity index (χ1n) is 19.2. The summed E-state index contributed by atoms with van der Waals surface area (Å²) in [7, 11) is -2.94. The molecule has 0 bridgehead atoms. The van der Waals surface area contributed by atoms with Crippen molar-refractivity contribution in [2.24, 2.45) is 11.8 Å². The van der Waals surface area contributed by atoms with Crippen molar-refractivity contribution >= 4 is 30.6 Å². The van der Waals surface area contributed by atoms with Crippen LogP contribution < -0.4 is 10.4 Å². The highest BCUT2D eigenvalue weighted by Crippen LogP contribution is 2.43. The monoisotopic (exact) mass is 736 g/mol. The van der Waals surface area contributed by atoms with E-state index in [1.807, 2.05) is 62.4 Å². The van der Waals surface area contributed by atoms with Gasteiger partial charge < -0.3 is 23.4 Å². The lowest BCUT2D eigenvalue weighted by atomic mass is 9.89. The molecule has 282 valence electrons. The third-order valence-electron chi connectivity index (χ3n) is 10.3.